The fourth-order valence-corrected chi connectivity index (χ4v) is 7.05. The Balaban J connectivity index is 1.26. The maximum atomic E-state index is 13.3. The number of hydrogen-bond donors (Lipinski definition) is 2. The Labute approximate surface area is 290 Å². The molecule has 0 saturated carbocycles. The first-order valence-electron chi connectivity index (χ1n) is 16.9. The van der Waals surface area contributed by atoms with Crippen LogP contribution < -0.4 is 5.32 Å². The number of hydrogen-bond acceptors (Lipinski definition) is 4. The van der Waals surface area contributed by atoms with Crippen molar-refractivity contribution in [2.45, 2.75) is 24.8 Å². The SMILES string of the molecule is CC(CNC(=O)c1nc2cc3c(-c4ccncc4)[nH]n(CC(c4ccccc4)(c4ccccc4)c4ccccc4)c3cc2n1)c1ccccc1. The molecule has 0 saturated heterocycles. The van der Waals surface area contributed by atoms with E-state index in [1.165, 1.54) is 22.3 Å². The number of aromatic nitrogens is 5. The van der Waals surface area contributed by atoms with Crippen LogP contribution >= 0.6 is 0 Å². The predicted molar refractivity (Wildman–Crippen MR) is 199 cm³/mol. The molecule has 1 amide bonds. The zero-order valence-corrected chi connectivity index (χ0v) is 27.7. The van der Waals surface area contributed by atoms with Gasteiger partial charge in [-0.25, -0.2) is 9.97 Å². The number of H-pyrrole nitrogens is 1. The Bertz CT molecular complexity index is 2270. The largest absolute Gasteiger partial charge is 0.349 e. The second-order valence-electron chi connectivity index (χ2n) is 12.7. The molecule has 0 aliphatic heterocycles. The molecule has 3 heterocycles. The van der Waals surface area contributed by atoms with E-state index >= 15 is 0 Å². The first-order chi connectivity index (χ1) is 24.6. The number of nitrogens with one attached hydrogen (secondary N) is 2. The van der Waals surface area contributed by atoms with Crippen molar-refractivity contribution in [1.82, 2.24) is 30.0 Å². The van der Waals surface area contributed by atoms with E-state index in [9.17, 15) is 4.79 Å². The minimum Gasteiger partial charge on any atom is -0.349 e. The molecule has 8 rings (SSSR count). The van der Waals surface area contributed by atoms with Crippen LogP contribution in [-0.4, -0.2) is 37.2 Å². The van der Waals surface area contributed by atoms with Gasteiger partial charge in [-0.2, -0.15) is 0 Å². The molecule has 0 aliphatic carbocycles. The highest BCUT2D eigenvalue weighted by molar-refractivity contribution is 6.03. The van der Waals surface area contributed by atoms with Crippen molar-refractivity contribution in [3.05, 3.63) is 186 Å². The van der Waals surface area contributed by atoms with Gasteiger partial charge in [-0.05, 0) is 52.4 Å². The third-order valence-electron chi connectivity index (χ3n) is 9.66. The van der Waals surface area contributed by atoms with Crippen molar-refractivity contribution >= 4 is 27.8 Å². The average Bonchev–Trinajstić information content (AvgIpc) is 3.77. The lowest BCUT2D eigenvalue weighted by molar-refractivity contribution is 0.0942. The molecule has 0 bridgehead atoms. The van der Waals surface area contributed by atoms with Crippen molar-refractivity contribution in [3.63, 3.8) is 0 Å². The number of aromatic amines is 1. The van der Waals surface area contributed by atoms with Gasteiger partial charge in [-0.15, -0.1) is 0 Å². The lowest BCUT2D eigenvalue weighted by Crippen LogP contribution is -2.35. The topological polar surface area (TPSA) is 88.5 Å². The van der Waals surface area contributed by atoms with Gasteiger partial charge in [0.25, 0.3) is 5.91 Å². The number of imidazole rings is 1. The first kappa shape index (κ1) is 31.0. The Morgan fingerprint density at radius 2 is 1.24 bits per heavy atom. The van der Waals surface area contributed by atoms with Gasteiger partial charge in [0.1, 0.15) is 0 Å². The summed E-state index contributed by atoms with van der Waals surface area (Å²) in [5.74, 6) is 0.0411. The summed E-state index contributed by atoms with van der Waals surface area (Å²) in [4.78, 5) is 27.1. The molecule has 0 spiro atoms. The number of nitrogens with zero attached hydrogens (tertiary/aromatic N) is 4. The van der Waals surface area contributed by atoms with Gasteiger partial charge in [0.2, 0.25) is 5.82 Å². The monoisotopic (exact) mass is 652 g/mol. The second-order valence-corrected chi connectivity index (χ2v) is 12.7. The number of carbonyl (C=O) groups is 1. The van der Waals surface area contributed by atoms with Crippen molar-refractivity contribution in [2.24, 2.45) is 0 Å². The zero-order chi connectivity index (χ0) is 33.9. The van der Waals surface area contributed by atoms with Gasteiger partial charge in [0.05, 0.1) is 34.2 Å². The van der Waals surface area contributed by atoms with Gasteiger partial charge >= 0.3 is 0 Å². The van der Waals surface area contributed by atoms with E-state index in [-0.39, 0.29) is 17.6 Å². The number of fused-ring (bicyclic) bond motifs is 2. The number of carbonyl (C=O) groups excluding carboxylic acids is 1. The molecule has 0 fully saturated rings. The summed E-state index contributed by atoms with van der Waals surface area (Å²) in [6, 6.07) is 50.3. The van der Waals surface area contributed by atoms with Crippen molar-refractivity contribution < 1.29 is 4.79 Å². The Morgan fingerprint density at radius 1 is 0.720 bits per heavy atom. The van der Waals surface area contributed by atoms with E-state index < -0.39 is 5.41 Å². The van der Waals surface area contributed by atoms with Gasteiger partial charge in [0.15, 0.2) is 0 Å². The molecule has 1 unspecified atom stereocenters. The lowest BCUT2D eigenvalue weighted by atomic mass is 9.69. The molecule has 3 aromatic heterocycles. The number of benzene rings is 5. The molecule has 0 aliphatic rings. The molecule has 244 valence electrons. The van der Waals surface area contributed by atoms with Gasteiger partial charge in [-0.3, -0.25) is 19.6 Å². The fourth-order valence-electron chi connectivity index (χ4n) is 7.05. The lowest BCUT2D eigenvalue weighted by Gasteiger charge is -2.36. The Kier molecular flexibility index (Phi) is 8.22. The zero-order valence-electron chi connectivity index (χ0n) is 27.7. The van der Waals surface area contributed by atoms with Crippen LogP contribution in [0.3, 0.4) is 0 Å². The first-order valence-corrected chi connectivity index (χ1v) is 16.9. The van der Waals surface area contributed by atoms with Crippen molar-refractivity contribution in [3.8, 4) is 11.3 Å². The molecule has 0 radical (unpaired) electrons. The summed E-state index contributed by atoms with van der Waals surface area (Å²) in [5.41, 5.74) is 8.39. The number of amides is 1. The normalized spacial score (nSPS) is 12.3. The van der Waals surface area contributed by atoms with Gasteiger partial charge in [0, 0.05) is 29.9 Å². The van der Waals surface area contributed by atoms with E-state index in [0.29, 0.717) is 24.1 Å². The number of pyridine rings is 1. The molecular weight excluding hydrogens is 617 g/mol. The van der Waals surface area contributed by atoms with Crippen LogP contribution in [0.2, 0.25) is 0 Å². The quantitative estimate of drug-likeness (QED) is 0.145. The maximum Gasteiger partial charge on any atom is 0.289 e. The van der Waals surface area contributed by atoms with Crippen molar-refractivity contribution in [1.29, 1.82) is 0 Å². The second kappa shape index (κ2) is 13.3. The van der Waals surface area contributed by atoms with E-state index in [2.05, 4.69) is 130 Å². The van der Waals surface area contributed by atoms with Crippen LogP contribution in [0.4, 0.5) is 0 Å². The molecule has 1 atom stereocenters. The van der Waals surface area contributed by atoms with Crippen LogP contribution in [0.15, 0.2) is 158 Å². The third-order valence-corrected chi connectivity index (χ3v) is 9.66. The third kappa shape index (κ3) is 5.73. The van der Waals surface area contributed by atoms with E-state index in [1.54, 1.807) is 12.4 Å². The minimum atomic E-state index is -0.547. The molecule has 2 N–H and O–H groups in total. The summed E-state index contributed by atoms with van der Waals surface area (Å²) < 4.78 is 2.22. The van der Waals surface area contributed by atoms with Gasteiger partial charge < -0.3 is 5.32 Å². The van der Waals surface area contributed by atoms with Crippen LogP contribution in [0.5, 0.6) is 0 Å². The summed E-state index contributed by atoms with van der Waals surface area (Å²) in [7, 11) is 0. The summed E-state index contributed by atoms with van der Waals surface area (Å²) in [6.07, 6.45) is 3.60. The van der Waals surface area contributed by atoms with E-state index in [0.717, 1.165) is 22.2 Å². The predicted octanol–water partition coefficient (Wildman–Crippen LogP) is 8.54. The fraction of sp³-hybridized carbons (Fsp3) is 0.116. The van der Waals surface area contributed by atoms with Crippen molar-refractivity contribution in [2.75, 3.05) is 6.54 Å². The Morgan fingerprint density at radius 3 is 1.80 bits per heavy atom. The number of rotatable bonds is 10. The van der Waals surface area contributed by atoms with Crippen LogP contribution in [0, 0.1) is 0 Å². The van der Waals surface area contributed by atoms with E-state index in [1.807, 2.05) is 42.5 Å². The summed E-state index contributed by atoms with van der Waals surface area (Å²) in [5, 5.41) is 7.80. The molecule has 7 nitrogen and oxygen atoms in total. The highest BCUT2D eigenvalue weighted by Gasteiger charge is 2.37. The summed E-state index contributed by atoms with van der Waals surface area (Å²) >= 11 is 0. The van der Waals surface area contributed by atoms with Crippen LogP contribution in [-0.2, 0) is 12.0 Å². The van der Waals surface area contributed by atoms with Crippen LogP contribution in [0.1, 0.15) is 45.7 Å². The average molecular weight is 653 g/mol. The molecule has 8 aromatic rings. The molecular formula is C43H36N6O. The highest BCUT2D eigenvalue weighted by Crippen LogP contribution is 2.42. The maximum absolute atomic E-state index is 13.3. The summed E-state index contributed by atoms with van der Waals surface area (Å²) in [6.45, 7) is 3.15. The standard InChI is InChI=1S/C43H36N6O/c1-30(31-14-6-2-7-15-31)28-45-42(50)41-46-37-26-36-39(27-38(37)47-41)49(48-40(36)32-22-24-44-25-23-32)29-43(33-16-8-3-9-17-33,34-18-10-4-11-19-34)35-20-12-5-13-21-35/h2-27,30,48H,28-29H2,1H3,(H,45,50). The van der Waals surface area contributed by atoms with Gasteiger partial charge in [-0.1, -0.05) is 128 Å². The Hall–Kier alpha value is -6.34. The van der Waals surface area contributed by atoms with Crippen LogP contribution in [0.25, 0.3) is 33.2 Å². The molecule has 50 heavy (non-hydrogen) atoms. The molecule has 5 aromatic carbocycles. The van der Waals surface area contributed by atoms with E-state index in [4.69, 9.17) is 9.97 Å². The highest BCUT2D eigenvalue weighted by atomic mass is 16.2. The smallest absolute Gasteiger partial charge is 0.289 e. The minimum absolute atomic E-state index is 0.157. The molecule has 7 heteroatoms.